The number of nitrogens with zero attached hydrogens (tertiary/aromatic N) is 4. The summed E-state index contributed by atoms with van der Waals surface area (Å²) in [5.74, 6) is 0.786. The molecule has 1 atom stereocenters. The largest absolute Gasteiger partial charge is 0.497 e. The van der Waals surface area contributed by atoms with Crippen molar-refractivity contribution in [2.75, 3.05) is 52.9 Å². The number of hydrogen-bond acceptors (Lipinski definition) is 5. The molecule has 8 nitrogen and oxygen atoms in total. The Labute approximate surface area is 172 Å². The van der Waals surface area contributed by atoms with E-state index >= 15 is 0 Å². The van der Waals surface area contributed by atoms with E-state index in [4.69, 9.17) is 10.00 Å². The number of rotatable bonds is 9. The number of benzene rings is 1. The summed E-state index contributed by atoms with van der Waals surface area (Å²) >= 11 is 0. The van der Waals surface area contributed by atoms with Gasteiger partial charge in [0.2, 0.25) is 5.91 Å². The summed E-state index contributed by atoms with van der Waals surface area (Å²) in [4.78, 5) is 30.1. The summed E-state index contributed by atoms with van der Waals surface area (Å²) in [6.45, 7) is 4.11. The van der Waals surface area contributed by atoms with Gasteiger partial charge in [0.05, 0.1) is 19.7 Å². The first-order chi connectivity index (χ1) is 14.1. The number of hydrogen-bond donors (Lipinski definition) is 1. The van der Waals surface area contributed by atoms with Crippen LogP contribution in [0.3, 0.4) is 0 Å². The van der Waals surface area contributed by atoms with Crippen molar-refractivity contribution in [1.29, 1.82) is 5.26 Å². The van der Waals surface area contributed by atoms with Gasteiger partial charge < -0.3 is 24.8 Å². The third kappa shape index (κ3) is 5.39. The van der Waals surface area contributed by atoms with Crippen LogP contribution in [0.4, 0.5) is 4.79 Å². The molecule has 8 heteroatoms. The zero-order chi connectivity index (χ0) is 20.6. The Morgan fingerprint density at radius 2 is 2.07 bits per heavy atom. The van der Waals surface area contributed by atoms with Crippen molar-refractivity contribution in [3.63, 3.8) is 0 Å². The Bertz CT molecular complexity index is 763. The predicted octanol–water partition coefficient (Wildman–Crippen LogP) is 1.08. The minimum atomic E-state index is -0.289. The lowest BCUT2D eigenvalue weighted by Crippen LogP contribution is -2.43. The number of nitrogens with one attached hydrogen (secondary N) is 1. The minimum Gasteiger partial charge on any atom is -0.497 e. The molecule has 1 aromatic carbocycles. The zero-order valence-electron chi connectivity index (χ0n) is 17.0. The first-order valence-electron chi connectivity index (χ1n) is 10.2. The molecule has 3 rings (SSSR count). The van der Waals surface area contributed by atoms with E-state index in [0.717, 1.165) is 37.1 Å². The van der Waals surface area contributed by atoms with Gasteiger partial charge >= 0.3 is 6.03 Å². The van der Waals surface area contributed by atoms with Crippen molar-refractivity contribution in [3.8, 4) is 11.8 Å². The highest BCUT2D eigenvalue weighted by Gasteiger charge is 2.29. The molecule has 2 aliphatic heterocycles. The van der Waals surface area contributed by atoms with Crippen LogP contribution in [0.5, 0.6) is 5.75 Å². The van der Waals surface area contributed by atoms with Gasteiger partial charge in [0.25, 0.3) is 0 Å². The summed E-state index contributed by atoms with van der Waals surface area (Å²) in [5, 5.41) is 12.2. The number of urea groups is 1. The quantitative estimate of drug-likeness (QED) is 0.628. The van der Waals surface area contributed by atoms with Crippen LogP contribution in [0.2, 0.25) is 0 Å². The Kier molecular flexibility index (Phi) is 7.30. The molecular weight excluding hydrogens is 370 g/mol. The van der Waals surface area contributed by atoms with Gasteiger partial charge in [-0.2, -0.15) is 5.26 Å². The third-order valence-electron chi connectivity index (χ3n) is 5.54. The molecule has 0 radical (unpaired) electrons. The van der Waals surface area contributed by atoms with Gasteiger partial charge in [0.15, 0.2) is 0 Å². The third-order valence-corrected chi connectivity index (χ3v) is 5.54. The smallest absolute Gasteiger partial charge is 0.320 e. The molecule has 1 N–H and O–H groups in total. The number of methoxy groups -OCH3 is 1. The molecular formula is C21H29N5O3. The number of carbonyl (C=O) groups is 2. The van der Waals surface area contributed by atoms with Gasteiger partial charge in [-0.1, -0.05) is 12.1 Å². The summed E-state index contributed by atoms with van der Waals surface area (Å²) in [7, 11) is 1.65. The molecule has 1 aromatic rings. The molecule has 0 aromatic heterocycles. The van der Waals surface area contributed by atoms with Crippen molar-refractivity contribution in [2.24, 2.45) is 0 Å². The van der Waals surface area contributed by atoms with E-state index in [2.05, 4.69) is 11.4 Å². The number of carbonyl (C=O) groups excluding carboxylic acids is 2. The molecule has 2 aliphatic rings. The number of amides is 3. The SMILES string of the molecule is COc1cccc(CCN2CCN(CCNCC(=O)N3CCC[C@H]3C#N)C2=O)c1. The van der Waals surface area contributed by atoms with Crippen LogP contribution in [0.25, 0.3) is 0 Å². The fourth-order valence-electron chi connectivity index (χ4n) is 3.85. The standard InChI is InChI=1S/C21H29N5O3/c1-29-19-6-2-4-17(14-19)7-10-24-12-13-25(21(24)28)11-8-23-16-20(27)26-9-3-5-18(26)15-22/h2,4,6,14,18,23H,3,5,7-13,16H2,1H3/t18-/m0/s1. The highest BCUT2D eigenvalue weighted by Crippen LogP contribution is 2.16. The summed E-state index contributed by atoms with van der Waals surface area (Å²) in [5.41, 5.74) is 1.15. The maximum absolute atomic E-state index is 12.6. The second-order valence-corrected chi connectivity index (χ2v) is 7.41. The molecule has 2 fully saturated rings. The van der Waals surface area contributed by atoms with Gasteiger partial charge in [0.1, 0.15) is 11.8 Å². The molecule has 29 heavy (non-hydrogen) atoms. The average molecular weight is 399 g/mol. The van der Waals surface area contributed by atoms with E-state index in [0.29, 0.717) is 32.7 Å². The topological polar surface area (TPSA) is 88.9 Å². The molecule has 0 aliphatic carbocycles. The Morgan fingerprint density at radius 1 is 1.28 bits per heavy atom. The summed E-state index contributed by atoms with van der Waals surface area (Å²) in [6.07, 6.45) is 2.44. The molecule has 0 spiro atoms. The molecule has 3 amide bonds. The van der Waals surface area contributed by atoms with Crippen LogP contribution in [-0.2, 0) is 11.2 Å². The predicted molar refractivity (Wildman–Crippen MR) is 108 cm³/mol. The van der Waals surface area contributed by atoms with Gasteiger partial charge in [-0.25, -0.2) is 4.79 Å². The number of nitriles is 1. The van der Waals surface area contributed by atoms with Gasteiger partial charge in [-0.05, 0) is 37.0 Å². The Balaban J connectivity index is 1.35. The van der Waals surface area contributed by atoms with Gasteiger partial charge in [-0.15, -0.1) is 0 Å². The highest BCUT2D eigenvalue weighted by molar-refractivity contribution is 5.79. The van der Waals surface area contributed by atoms with Crippen LogP contribution in [0, 0.1) is 11.3 Å². The van der Waals surface area contributed by atoms with Crippen molar-refractivity contribution in [2.45, 2.75) is 25.3 Å². The van der Waals surface area contributed by atoms with Gasteiger partial charge in [-0.3, -0.25) is 4.79 Å². The van der Waals surface area contributed by atoms with E-state index < -0.39 is 0 Å². The lowest BCUT2D eigenvalue weighted by molar-refractivity contribution is -0.130. The lowest BCUT2D eigenvalue weighted by Gasteiger charge is -2.21. The van der Waals surface area contributed by atoms with Crippen LogP contribution in [0.15, 0.2) is 24.3 Å². The van der Waals surface area contributed by atoms with Crippen molar-refractivity contribution in [3.05, 3.63) is 29.8 Å². The van der Waals surface area contributed by atoms with Crippen LogP contribution in [-0.4, -0.2) is 85.6 Å². The Hall–Kier alpha value is -2.79. The van der Waals surface area contributed by atoms with Crippen LogP contribution >= 0.6 is 0 Å². The van der Waals surface area contributed by atoms with Crippen molar-refractivity contribution in [1.82, 2.24) is 20.0 Å². The van der Waals surface area contributed by atoms with E-state index in [1.807, 2.05) is 34.1 Å². The van der Waals surface area contributed by atoms with E-state index in [1.165, 1.54) is 0 Å². The van der Waals surface area contributed by atoms with E-state index in [9.17, 15) is 9.59 Å². The molecule has 2 saturated heterocycles. The second-order valence-electron chi connectivity index (χ2n) is 7.41. The molecule has 0 bridgehead atoms. The molecule has 0 saturated carbocycles. The number of likely N-dealkylation sites (tertiary alicyclic amines) is 1. The fourth-order valence-corrected chi connectivity index (χ4v) is 3.85. The first kappa shape index (κ1) is 20.9. The Morgan fingerprint density at radius 3 is 2.83 bits per heavy atom. The zero-order valence-corrected chi connectivity index (χ0v) is 17.0. The average Bonchev–Trinajstić information content (AvgIpc) is 3.36. The van der Waals surface area contributed by atoms with Crippen molar-refractivity contribution < 1.29 is 14.3 Å². The maximum atomic E-state index is 12.6. The van der Waals surface area contributed by atoms with Crippen LogP contribution < -0.4 is 10.1 Å². The molecule has 156 valence electrons. The van der Waals surface area contributed by atoms with Gasteiger partial charge in [0, 0.05) is 39.3 Å². The minimum absolute atomic E-state index is 0.0401. The van der Waals surface area contributed by atoms with E-state index in [1.54, 1.807) is 12.0 Å². The van der Waals surface area contributed by atoms with Crippen molar-refractivity contribution >= 4 is 11.9 Å². The maximum Gasteiger partial charge on any atom is 0.320 e. The van der Waals surface area contributed by atoms with E-state index in [-0.39, 0.29) is 24.5 Å². The molecule has 2 heterocycles. The first-order valence-corrected chi connectivity index (χ1v) is 10.2. The monoisotopic (exact) mass is 399 g/mol. The summed E-state index contributed by atoms with van der Waals surface area (Å²) < 4.78 is 5.24. The molecule has 0 unspecified atom stereocenters. The fraction of sp³-hybridized carbons (Fsp3) is 0.571. The van der Waals surface area contributed by atoms with Crippen LogP contribution in [0.1, 0.15) is 18.4 Å². The second kappa shape index (κ2) is 10.1. The normalized spacial score (nSPS) is 19.0. The lowest BCUT2D eigenvalue weighted by atomic mass is 10.1. The number of ether oxygens (including phenoxy) is 1. The highest BCUT2D eigenvalue weighted by atomic mass is 16.5. The summed E-state index contributed by atoms with van der Waals surface area (Å²) in [6, 6.07) is 9.85.